The molecule has 1 heterocycles. The lowest BCUT2D eigenvalue weighted by Crippen LogP contribution is -2.27. The number of nitrogens with zero attached hydrogens (tertiary/aromatic N) is 3. The van der Waals surface area contributed by atoms with Gasteiger partial charge in [-0.15, -0.1) is 0 Å². The molecule has 0 saturated carbocycles. The molecule has 0 fully saturated rings. The van der Waals surface area contributed by atoms with Gasteiger partial charge in [0.25, 0.3) is 0 Å². The van der Waals surface area contributed by atoms with Crippen LogP contribution in [0.2, 0.25) is 5.02 Å². The summed E-state index contributed by atoms with van der Waals surface area (Å²) >= 11 is 5.98. The van der Waals surface area contributed by atoms with Gasteiger partial charge in [-0.2, -0.15) is 0 Å². The molecule has 0 spiro atoms. The maximum absolute atomic E-state index is 12.3. The lowest BCUT2D eigenvalue weighted by molar-refractivity contribution is -0.130. The van der Waals surface area contributed by atoms with Gasteiger partial charge in [-0.1, -0.05) is 35.9 Å². The van der Waals surface area contributed by atoms with E-state index < -0.39 is 0 Å². The topological polar surface area (TPSA) is 38.1 Å². The molecule has 0 atom stereocenters. The maximum atomic E-state index is 12.3. The van der Waals surface area contributed by atoms with Gasteiger partial charge in [0, 0.05) is 31.6 Å². The van der Waals surface area contributed by atoms with Gasteiger partial charge in [0.2, 0.25) is 5.91 Å². The second-order valence-electron chi connectivity index (χ2n) is 5.56. The Morgan fingerprint density at radius 3 is 2.87 bits per heavy atom. The Balaban J connectivity index is 1.60. The molecule has 0 N–H and O–H groups in total. The van der Waals surface area contributed by atoms with Crippen LogP contribution >= 0.6 is 11.6 Å². The zero-order chi connectivity index (χ0) is 16.2. The van der Waals surface area contributed by atoms with Gasteiger partial charge in [0.1, 0.15) is 0 Å². The van der Waals surface area contributed by atoms with E-state index in [1.54, 1.807) is 11.2 Å². The van der Waals surface area contributed by atoms with E-state index in [0.717, 1.165) is 16.6 Å². The number of halogens is 1. The SMILES string of the molecule is CN(Cc1cccc(Cl)c1)C(=O)CCn1cnc2ccccc21. The Kier molecular flexibility index (Phi) is 4.63. The fourth-order valence-electron chi connectivity index (χ4n) is 2.59. The van der Waals surface area contributed by atoms with E-state index in [9.17, 15) is 4.79 Å². The first-order valence-electron chi connectivity index (χ1n) is 7.52. The van der Waals surface area contributed by atoms with Gasteiger partial charge in [-0.05, 0) is 29.8 Å². The summed E-state index contributed by atoms with van der Waals surface area (Å²) in [6.07, 6.45) is 2.23. The fraction of sp³-hybridized carbons (Fsp3) is 0.222. The Morgan fingerprint density at radius 2 is 2.04 bits per heavy atom. The number of aromatic nitrogens is 2. The van der Waals surface area contributed by atoms with Gasteiger partial charge in [-0.25, -0.2) is 4.98 Å². The first-order chi connectivity index (χ1) is 11.1. The van der Waals surface area contributed by atoms with Crippen molar-refractivity contribution in [2.24, 2.45) is 0 Å². The monoisotopic (exact) mass is 327 g/mol. The second kappa shape index (κ2) is 6.84. The molecule has 0 aliphatic heterocycles. The number of para-hydroxylation sites is 2. The van der Waals surface area contributed by atoms with Crippen LogP contribution < -0.4 is 0 Å². The second-order valence-corrected chi connectivity index (χ2v) is 5.99. The molecule has 3 rings (SSSR count). The number of imidazole rings is 1. The number of carbonyl (C=O) groups excluding carboxylic acids is 1. The zero-order valence-electron chi connectivity index (χ0n) is 12.9. The zero-order valence-corrected chi connectivity index (χ0v) is 13.7. The number of fused-ring (bicyclic) bond motifs is 1. The number of amides is 1. The normalized spacial score (nSPS) is 10.9. The third kappa shape index (κ3) is 3.71. The van der Waals surface area contributed by atoms with E-state index in [4.69, 9.17) is 11.6 Å². The van der Waals surface area contributed by atoms with Crippen LogP contribution in [0.1, 0.15) is 12.0 Å². The molecule has 4 nitrogen and oxygen atoms in total. The molecule has 0 aliphatic rings. The highest BCUT2D eigenvalue weighted by Crippen LogP contribution is 2.14. The molecule has 0 aliphatic carbocycles. The van der Waals surface area contributed by atoms with E-state index in [2.05, 4.69) is 4.98 Å². The molecule has 0 saturated heterocycles. The number of hydrogen-bond donors (Lipinski definition) is 0. The van der Waals surface area contributed by atoms with Crippen molar-refractivity contribution in [3.8, 4) is 0 Å². The highest BCUT2D eigenvalue weighted by atomic mass is 35.5. The highest BCUT2D eigenvalue weighted by molar-refractivity contribution is 6.30. The van der Waals surface area contributed by atoms with Crippen molar-refractivity contribution in [2.45, 2.75) is 19.5 Å². The summed E-state index contributed by atoms with van der Waals surface area (Å²) in [6, 6.07) is 15.5. The molecule has 23 heavy (non-hydrogen) atoms. The number of benzene rings is 2. The summed E-state index contributed by atoms with van der Waals surface area (Å²) in [5.74, 6) is 0.0998. The largest absolute Gasteiger partial charge is 0.341 e. The van der Waals surface area contributed by atoms with Crippen LogP contribution in [0.5, 0.6) is 0 Å². The predicted octanol–water partition coefficient (Wildman–Crippen LogP) is 3.74. The molecule has 0 bridgehead atoms. The van der Waals surface area contributed by atoms with Crippen LogP contribution in [0.3, 0.4) is 0 Å². The van der Waals surface area contributed by atoms with Crippen LogP contribution in [0.25, 0.3) is 11.0 Å². The Bertz CT molecular complexity index is 828. The van der Waals surface area contributed by atoms with Crippen molar-refractivity contribution < 1.29 is 4.79 Å². The minimum Gasteiger partial charge on any atom is -0.341 e. The van der Waals surface area contributed by atoms with Crippen LogP contribution in [0.4, 0.5) is 0 Å². The molecule has 2 aromatic carbocycles. The van der Waals surface area contributed by atoms with Crippen LogP contribution in [-0.2, 0) is 17.9 Å². The Labute approximate surface area is 140 Å². The summed E-state index contributed by atoms with van der Waals surface area (Å²) in [6.45, 7) is 1.18. The Hall–Kier alpha value is -2.33. The summed E-state index contributed by atoms with van der Waals surface area (Å²) in [5.41, 5.74) is 3.03. The summed E-state index contributed by atoms with van der Waals surface area (Å²) in [4.78, 5) is 18.4. The predicted molar refractivity (Wildman–Crippen MR) is 92.3 cm³/mol. The van der Waals surface area contributed by atoms with Crippen LogP contribution in [0, 0.1) is 0 Å². The minimum atomic E-state index is 0.0998. The Morgan fingerprint density at radius 1 is 1.22 bits per heavy atom. The third-order valence-corrected chi connectivity index (χ3v) is 4.06. The van der Waals surface area contributed by atoms with Crippen molar-refractivity contribution in [3.05, 3.63) is 65.4 Å². The molecule has 5 heteroatoms. The number of hydrogen-bond acceptors (Lipinski definition) is 2. The molecular formula is C18H18ClN3O. The lowest BCUT2D eigenvalue weighted by atomic mass is 10.2. The lowest BCUT2D eigenvalue weighted by Gasteiger charge is -2.17. The number of carbonyl (C=O) groups is 1. The molecular weight excluding hydrogens is 310 g/mol. The van der Waals surface area contributed by atoms with E-state index in [0.29, 0.717) is 24.5 Å². The van der Waals surface area contributed by atoms with Crippen molar-refractivity contribution in [1.29, 1.82) is 0 Å². The third-order valence-electron chi connectivity index (χ3n) is 3.83. The number of aryl methyl sites for hydroxylation is 1. The summed E-state index contributed by atoms with van der Waals surface area (Å²) in [5, 5.41) is 0.688. The quantitative estimate of drug-likeness (QED) is 0.716. The first-order valence-corrected chi connectivity index (χ1v) is 7.89. The van der Waals surface area contributed by atoms with Crippen molar-refractivity contribution in [3.63, 3.8) is 0 Å². The average molecular weight is 328 g/mol. The first kappa shape index (κ1) is 15.6. The van der Waals surface area contributed by atoms with Crippen molar-refractivity contribution in [1.82, 2.24) is 14.5 Å². The van der Waals surface area contributed by atoms with E-state index in [1.807, 2.05) is 60.1 Å². The van der Waals surface area contributed by atoms with Gasteiger partial charge in [0.15, 0.2) is 0 Å². The molecule has 0 radical (unpaired) electrons. The standard InChI is InChI=1S/C18H18ClN3O/c1-21(12-14-5-4-6-15(19)11-14)18(23)9-10-22-13-20-16-7-2-3-8-17(16)22/h2-8,11,13H,9-10,12H2,1H3. The van der Waals surface area contributed by atoms with Gasteiger partial charge in [-0.3, -0.25) is 4.79 Å². The molecule has 118 valence electrons. The molecule has 1 aromatic heterocycles. The molecule has 3 aromatic rings. The van der Waals surface area contributed by atoms with Gasteiger partial charge in [0.05, 0.1) is 17.4 Å². The molecule has 1 amide bonds. The number of rotatable bonds is 5. The van der Waals surface area contributed by atoms with Crippen molar-refractivity contribution >= 4 is 28.5 Å². The summed E-state index contributed by atoms with van der Waals surface area (Å²) < 4.78 is 2.01. The summed E-state index contributed by atoms with van der Waals surface area (Å²) in [7, 11) is 1.81. The van der Waals surface area contributed by atoms with Crippen molar-refractivity contribution in [2.75, 3.05) is 7.05 Å². The van der Waals surface area contributed by atoms with Gasteiger partial charge < -0.3 is 9.47 Å². The van der Waals surface area contributed by atoms with E-state index in [1.165, 1.54) is 0 Å². The maximum Gasteiger partial charge on any atom is 0.224 e. The van der Waals surface area contributed by atoms with Gasteiger partial charge >= 0.3 is 0 Å². The van der Waals surface area contributed by atoms with E-state index in [-0.39, 0.29) is 5.91 Å². The molecule has 0 unspecified atom stereocenters. The average Bonchev–Trinajstić information content (AvgIpc) is 2.96. The van der Waals surface area contributed by atoms with Crippen LogP contribution in [-0.4, -0.2) is 27.4 Å². The minimum absolute atomic E-state index is 0.0998. The fourth-order valence-corrected chi connectivity index (χ4v) is 2.81. The van der Waals surface area contributed by atoms with Crippen LogP contribution in [0.15, 0.2) is 54.9 Å². The van der Waals surface area contributed by atoms with E-state index >= 15 is 0 Å². The smallest absolute Gasteiger partial charge is 0.224 e. The highest BCUT2D eigenvalue weighted by Gasteiger charge is 2.10.